The highest BCUT2D eigenvalue weighted by Gasteiger charge is 2.20. The van der Waals surface area contributed by atoms with Crippen molar-refractivity contribution in [1.82, 2.24) is 4.90 Å². The molecule has 2 rings (SSSR count). The van der Waals surface area contributed by atoms with Gasteiger partial charge in [-0.1, -0.05) is 11.6 Å². The van der Waals surface area contributed by atoms with Crippen molar-refractivity contribution in [2.24, 2.45) is 5.73 Å². The van der Waals surface area contributed by atoms with Crippen LogP contribution in [0.3, 0.4) is 0 Å². The third kappa shape index (κ3) is 3.39. The number of nitrogens with zero attached hydrogens (tertiary/aromatic N) is 1. The Morgan fingerprint density at radius 2 is 2.21 bits per heavy atom. The molecular weight excluding hydrogens is 264 g/mol. The fraction of sp³-hybridized carbons (Fsp3) is 0.500. The molecule has 104 valence electrons. The van der Waals surface area contributed by atoms with E-state index in [1.807, 2.05) is 4.90 Å². The van der Waals surface area contributed by atoms with Crippen LogP contribution in [-0.2, 0) is 0 Å². The lowest BCUT2D eigenvalue weighted by Gasteiger charge is -2.20. The molecule has 5 heteroatoms. The molecule has 0 aliphatic carbocycles. The number of carbonyl (C=O) groups excluding carboxylic acids is 1. The number of benzene rings is 1. The Hall–Kier alpha value is -1.26. The number of hydrogen-bond acceptors (Lipinski definition) is 3. The van der Waals surface area contributed by atoms with Crippen LogP contribution in [0.2, 0.25) is 5.02 Å². The topological polar surface area (TPSA) is 55.6 Å². The number of halogens is 1. The summed E-state index contributed by atoms with van der Waals surface area (Å²) in [6, 6.07) is 5.34. The summed E-state index contributed by atoms with van der Waals surface area (Å²) in [6.07, 6.45) is 2.79. The Bertz CT molecular complexity index is 465. The van der Waals surface area contributed by atoms with Gasteiger partial charge in [0.2, 0.25) is 0 Å². The van der Waals surface area contributed by atoms with Crippen LogP contribution in [-0.4, -0.2) is 37.0 Å². The second-order valence-corrected chi connectivity index (χ2v) is 5.24. The van der Waals surface area contributed by atoms with Gasteiger partial charge in [0.25, 0.3) is 5.91 Å². The Balaban J connectivity index is 2.12. The average molecular weight is 283 g/mol. The number of rotatable bonds is 2. The monoisotopic (exact) mass is 282 g/mol. The van der Waals surface area contributed by atoms with E-state index in [2.05, 4.69) is 0 Å². The summed E-state index contributed by atoms with van der Waals surface area (Å²) < 4.78 is 5.09. The van der Waals surface area contributed by atoms with Gasteiger partial charge in [-0.2, -0.15) is 0 Å². The first kappa shape index (κ1) is 14.2. The second-order valence-electron chi connectivity index (χ2n) is 4.83. The molecule has 1 aromatic carbocycles. The van der Waals surface area contributed by atoms with E-state index in [-0.39, 0.29) is 11.9 Å². The van der Waals surface area contributed by atoms with E-state index >= 15 is 0 Å². The fourth-order valence-corrected chi connectivity index (χ4v) is 2.56. The average Bonchev–Trinajstić information content (AvgIpc) is 2.62. The van der Waals surface area contributed by atoms with E-state index in [4.69, 9.17) is 22.1 Å². The second kappa shape index (κ2) is 6.26. The zero-order valence-corrected chi connectivity index (χ0v) is 11.8. The van der Waals surface area contributed by atoms with Crippen LogP contribution < -0.4 is 10.5 Å². The van der Waals surface area contributed by atoms with Crippen LogP contribution in [0, 0.1) is 0 Å². The van der Waals surface area contributed by atoms with Crippen molar-refractivity contribution in [2.75, 3.05) is 20.2 Å². The summed E-state index contributed by atoms with van der Waals surface area (Å²) in [5, 5.41) is 0.458. The molecule has 0 aromatic heterocycles. The largest absolute Gasteiger partial charge is 0.495 e. The predicted molar refractivity (Wildman–Crippen MR) is 75.7 cm³/mol. The van der Waals surface area contributed by atoms with Gasteiger partial charge in [0, 0.05) is 24.7 Å². The zero-order chi connectivity index (χ0) is 13.8. The Labute approximate surface area is 118 Å². The van der Waals surface area contributed by atoms with Crippen molar-refractivity contribution in [1.29, 1.82) is 0 Å². The first-order valence-electron chi connectivity index (χ1n) is 6.50. The van der Waals surface area contributed by atoms with Crippen LogP contribution in [0.5, 0.6) is 5.75 Å². The van der Waals surface area contributed by atoms with Gasteiger partial charge in [0.15, 0.2) is 0 Å². The molecular formula is C14H19ClN2O2. The third-order valence-electron chi connectivity index (χ3n) is 3.46. The molecule has 1 aliphatic rings. The lowest BCUT2D eigenvalue weighted by Crippen LogP contribution is -2.32. The fourth-order valence-electron chi connectivity index (χ4n) is 2.31. The minimum absolute atomic E-state index is 0.0126. The van der Waals surface area contributed by atoms with Gasteiger partial charge >= 0.3 is 0 Å². The SMILES string of the molecule is COc1ccc(C(=O)N2CCCC(N)CC2)cc1Cl. The smallest absolute Gasteiger partial charge is 0.253 e. The highest BCUT2D eigenvalue weighted by atomic mass is 35.5. The van der Waals surface area contributed by atoms with E-state index < -0.39 is 0 Å². The van der Waals surface area contributed by atoms with Gasteiger partial charge in [0.05, 0.1) is 12.1 Å². The highest BCUT2D eigenvalue weighted by molar-refractivity contribution is 6.32. The van der Waals surface area contributed by atoms with E-state index in [0.29, 0.717) is 22.9 Å². The van der Waals surface area contributed by atoms with Crippen molar-refractivity contribution in [2.45, 2.75) is 25.3 Å². The van der Waals surface area contributed by atoms with Crippen LogP contribution in [0.15, 0.2) is 18.2 Å². The molecule has 1 aromatic rings. The first-order chi connectivity index (χ1) is 9.11. The Kier molecular flexibility index (Phi) is 4.66. The normalized spacial score (nSPS) is 19.9. The summed E-state index contributed by atoms with van der Waals surface area (Å²) in [7, 11) is 1.55. The van der Waals surface area contributed by atoms with Crippen molar-refractivity contribution in [3.8, 4) is 5.75 Å². The van der Waals surface area contributed by atoms with Crippen LogP contribution in [0.4, 0.5) is 0 Å². The maximum Gasteiger partial charge on any atom is 0.253 e. The first-order valence-corrected chi connectivity index (χ1v) is 6.88. The molecule has 1 unspecified atom stereocenters. The standard InChI is InChI=1S/C14H19ClN2O2/c1-19-13-5-4-10(9-12(13)15)14(18)17-7-2-3-11(16)6-8-17/h4-5,9,11H,2-3,6-8,16H2,1H3. The quantitative estimate of drug-likeness (QED) is 0.905. The third-order valence-corrected chi connectivity index (χ3v) is 3.75. The molecule has 1 atom stereocenters. The van der Waals surface area contributed by atoms with Crippen molar-refractivity contribution < 1.29 is 9.53 Å². The predicted octanol–water partition coefficient (Wildman–Crippen LogP) is 2.30. The number of likely N-dealkylation sites (tertiary alicyclic amines) is 1. The molecule has 0 saturated carbocycles. The van der Waals surface area contributed by atoms with Gasteiger partial charge in [-0.05, 0) is 37.5 Å². The van der Waals surface area contributed by atoms with Gasteiger partial charge in [-0.25, -0.2) is 0 Å². The number of amides is 1. The van der Waals surface area contributed by atoms with E-state index in [1.165, 1.54) is 0 Å². The van der Waals surface area contributed by atoms with E-state index in [1.54, 1.807) is 25.3 Å². The van der Waals surface area contributed by atoms with Crippen LogP contribution in [0.25, 0.3) is 0 Å². The van der Waals surface area contributed by atoms with Crippen molar-refractivity contribution >= 4 is 17.5 Å². The number of methoxy groups -OCH3 is 1. The molecule has 1 heterocycles. The lowest BCUT2D eigenvalue weighted by molar-refractivity contribution is 0.0761. The summed E-state index contributed by atoms with van der Waals surface area (Å²) in [6.45, 7) is 1.47. The molecule has 1 saturated heterocycles. The maximum absolute atomic E-state index is 12.4. The molecule has 0 spiro atoms. The molecule has 0 radical (unpaired) electrons. The molecule has 1 amide bonds. The highest BCUT2D eigenvalue weighted by Crippen LogP contribution is 2.25. The zero-order valence-electron chi connectivity index (χ0n) is 11.1. The van der Waals surface area contributed by atoms with E-state index in [9.17, 15) is 4.79 Å². The Morgan fingerprint density at radius 1 is 1.42 bits per heavy atom. The molecule has 1 fully saturated rings. The number of hydrogen-bond donors (Lipinski definition) is 1. The van der Waals surface area contributed by atoms with Gasteiger partial charge < -0.3 is 15.4 Å². The number of ether oxygens (including phenoxy) is 1. The summed E-state index contributed by atoms with van der Waals surface area (Å²) in [5.74, 6) is 0.592. The van der Waals surface area contributed by atoms with Crippen LogP contribution in [0.1, 0.15) is 29.6 Å². The Morgan fingerprint density at radius 3 is 2.89 bits per heavy atom. The maximum atomic E-state index is 12.4. The molecule has 19 heavy (non-hydrogen) atoms. The molecule has 1 aliphatic heterocycles. The van der Waals surface area contributed by atoms with Crippen molar-refractivity contribution in [3.63, 3.8) is 0 Å². The summed E-state index contributed by atoms with van der Waals surface area (Å²) in [5.41, 5.74) is 6.52. The molecule has 4 nitrogen and oxygen atoms in total. The van der Waals surface area contributed by atoms with Gasteiger partial charge in [-0.15, -0.1) is 0 Å². The summed E-state index contributed by atoms with van der Waals surface area (Å²) in [4.78, 5) is 14.2. The minimum Gasteiger partial charge on any atom is -0.495 e. The van der Waals surface area contributed by atoms with Crippen molar-refractivity contribution in [3.05, 3.63) is 28.8 Å². The number of carbonyl (C=O) groups is 1. The van der Waals surface area contributed by atoms with Gasteiger partial charge in [-0.3, -0.25) is 4.79 Å². The van der Waals surface area contributed by atoms with E-state index in [0.717, 1.165) is 25.8 Å². The number of nitrogens with two attached hydrogens (primary N) is 1. The van der Waals surface area contributed by atoms with Gasteiger partial charge in [0.1, 0.15) is 5.75 Å². The minimum atomic E-state index is 0.0126. The molecule has 0 bridgehead atoms. The van der Waals surface area contributed by atoms with Crippen LogP contribution >= 0.6 is 11.6 Å². The lowest BCUT2D eigenvalue weighted by atomic mass is 10.1. The summed E-state index contributed by atoms with van der Waals surface area (Å²) >= 11 is 6.05. The molecule has 2 N–H and O–H groups in total.